The maximum Gasteiger partial charge on any atom is -0.00398 e. The SMILES string of the molecule is CC1=CCCC(CCN)=C1. The van der Waals surface area contributed by atoms with Crippen LogP contribution in [-0.4, -0.2) is 6.54 Å². The highest BCUT2D eigenvalue weighted by molar-refractivity contribution is 5.25. The summed E-state index contributed by atoms with van der Waals surface area (Å²) in [5.74, 6) is 0. The fraction of sp³-hybridized carbons (Fsp3) is 0.556. The first kappa shape index (κ1) is 7.55. The average Bonchev–Trinajstić information content (AvgIpc) is 1.88. The van der Waals surface area contributed by atoms with Crippen LogP contribution in [0.25, 0.3) is 0 Å². The van der Waals surface area contributed by atoms with Crippen LogP contribution < -0.4 is 5.73 Å². The summed E-state index contributed by atoms with van der Waals surface area (Å²) >= 11 is 0. The lowest BCUT2D eigenvalue weighted by atomic mass is 9.98. The van der Waals surface area contributed by atoms with E-state index in [4.69, 9.17) is 5.73 Å². The van der Waals surface area contributed by atoms with Crippen LogP contribution in [0.2, 0.25) is 0 Å². The Bertz CT molecular complexity index is 166. The molecule has 0 aliphatic heterocycles. The molecule has 2 N–H and O–H groups in total. The smallest absolute Gasteiger partial charge is 0.00398 e. The van der Waals surface area contributed by atoms with Gasteiger partial charge in [-0.15, -0.1) is 0 Å². The molecule has 0 radical (unpaired) electrons. The standard InChI is InChI=1S/C9H15N/c1-8-3-2-4-9(7-8)5-6-10/h3,7H,2,4-6,10H2,1H3. The van der Waals surface area contributed by atoms with Crippen LogP contribution in [0.1, 0.15) is 26.2 Å². The Labute approximate surface area is 62.6 Å². The van der Waals surface area contributed by atoms with Crippen molar-refractivity contribution in [3.8, 4) is 0 Å². The Balaban J connectivity index is 2.51. The lowest BCUT2D eigenvalue weighted by Crippen LogP contribution is -2.01. The van der Waals surface area contributed by atoms with Crippen LogP contribution in [0.15, 0.2) is 23.3 Å². The number of nitrogens with two attached hydrogens (primary N) is 1. The highest BCUT2D eigenvalue weighted by atomic mass is 14.5. The Morgan fingerprint density at radius 2 is 2.40 bits per heavy atom. The van der Waals surface area contributed by atoms with Gasteiger partial charge in [0.05, 0.1) is 0 Å². The molecule has 0 saturated carbocycles. The van der Waals surface area contributed by atoms with Gasteiger partial charge in [0.2, 0.25) is 0 Å². The van der Waals surface area contributed by atoms with Crippen LogP contribution in [0.3, 0.4) is 0 Å². The van der Waals surface area contributed by atoms with Crippen molar-refractivity contribution >= 4 is 0 Å². The monoisotopic (exact) mass is 137 g/mol. The molecule has 0 aromatic heterocycles. The summed E-state index contributed by atoms with van der Waals surface area (Å²) in [7, 11) is 0. The summed E-state index contributed by atoms with van der Waals surface area (Å²) in [6.07, 6.45) is 8.04. The molecule has 0 saturated heterocycles. The minimum absolute atomic E-state index is 0.791. The van der Waals surface area contributed by atoms with Crippen LogP contribution in [0, 0.1) is 0 Å². The van der Waals surface area contributed by atoms with E-state index in [1.165, 1.54) is 24.0 Å². The molecule has 0 aromatic rings. The molecule has 0 aromatic carbocycles. The highest BCUT2D eigenvalue weighted by Gasteiger charge is 2.00. The Morgan fingerprint density at radius 3 is 3.00 bits per heavy atom. The van der Waals surface area contributed by atoms with Gasteiger partial charge in [0.25, 0.3) is 0 Å². The molecule has 0 fully saturated rings. The molecule has 0 unspecified atom stereocenters. The summed E-state index contributed by atoms with van der Waals surface area (Å²) in [4.78, 5) is 0. The van der Waals surface area contributed by atoms with Gasteiger partial charge in [0.1, 0.15) is 0 Å². The van der Waals surface area contributed by atoms with Crippen molar-refractivity contribution in [2.24, 2.45) is 5.73 Å². The molecule has 0 amide bonds. The van der Waals surface area contributed by atoms with Gasteiger partial charge in [-0.1, -0.05) is 23.3 Å². The molecular weight excluding hydrogens is 122 g/mol. The normalized spacial score (nSPS) is 18.2. The molecule has 1 heteroatoms. The molecule has 10 heavy (non-hydrogen) atoms. The zero-order valence-corrected chi connectivity index (χ0v) is 6.56. The quantitative estimate of drug-likeness (QED) is 0.619. The molecular formula is C9H15N. The van der Waals surface area contributed by atoms with Crippen molar-refractivity contribution in [3.05, 3.63) is 23.3 Å². The van der Waals surface area contributed by atoms with E-state index in [-0.39, 0.29) is 0 Å². The molecule has 0 bridgehead atoms. The maximum absolute atomic E-state index is 5.44. The molecule has 0 spiro atoms. The van der Waals surface area contributed by atoms with Crippen LogP contribution in [0.4, 0.5) is 0 Å². The Morgan fingerprint density at radius 1 is 1.60 bits per heavy atom. The summed E-state index contributed by atoms with van der Waals surface area (Å²) in [5, 5.41) is 0. The lowest BCUT2D eigenvalue weighted by Gasteiger charge is -2.09. The van der Waals surface area contributed by atoms with Gasteiger partial charge in [0, 0.05) is 0 Å². The fourth-order valence-corrected chi connectivity index (χ4v) is 1.32. The minimum atomic E-state index is 0.791. The van der Waals surface area contributed by atoms with Crippen molar-refractivity contribution in [1.82, 2.24) is 0 Å². The van der Waals surface area contributed by atoms with E-state index in [1.807, 2.05) is 0 Å². The summed E-state index contributed by atoms with van der Waals surface area (Å²) < 4.78 is 0. The van der Waals surface area contributed by atoms with Crippen molar-refractivity contribution < 1.29 is 0 Å². The molecule has 1 aliphatic rings. The number of hydrogen-bond donors (Lipinski definition) is 1. The second kappa shape index (κ2) is 3.57. The zero-order chi connectivity index (χ0) is 7.40. The van der Waals surface area contributed by atoms with Gasteiger partial charge in [-0.05, 0) is 32.7 Å². The van der Waals surface area contributed by atoms with E-state index < -0.39 is 0 Å². The molecule has 56 valence electrons. The van der Waals surface area contributed by atoms with E-state index in [0.29, 0.717) is 0 Å². The fourth-order valence-electron chi connectivity index (χ4n) is 1.32. The first-order valence-corrected chi connectivity index (χ1v) is 3.89. The van der Waals surface area contributed by atoms with E-state index in [0.717, 1.165) is 13.0 Å². The van der Waals surface area contributed by atoms with Crippen molar-refractivity contribution in [1.29, 1.82) is 0 Å². The molecule has 0 atom stereocenters. The first-order chi connectivity index (χ1) is 4.83. The van der Waals surface area contributed by atoms with E-state index >= 15 is 0 Å². The van der Waals surface area contributed by atoms with Crippen LogP contribution in [-0.2, 0) is 0 Å². The van der Waals surface area contributed by atoms with Crippen LogP contribution >= 0.6 is 0 Å². The third-order valence-corrected chi connectivity index (χ3v) is 1.83. The predicted octanol–water partition coefficient (Wildman–Crippen LogP) is 2.00. The van der Waals surface area contributed by atoms with Gasteiger partial charge < -0.3 is 5.73 Å². The molecule has 0 heterocycles. The van der Waals surface area contributed by atoms with Gasteiger partial charge in [-0.2, -0.15) is 0 Å². The molecule has 1 aliphatic carbocycles. The summed E-state index contributed by atoms with van der Waals surface area (Å²) in [5.41, 5.74) is 8.36. The van der Waals surface area contributed by atoms with Gasteiger partial charge in [0.15, 0.2) is 0 Å². The number of allylic oxidation sites excluding steroid dienone is 3. The molecule has 1 nitrogen and oxygen atoms in total. The van der Waals surface area contributed by atoms with Crippen molar-refractivity contribution in [2.45, 2.75) is 26.2 Å². The maximum atomic E-state index is 5.44. The van der Waals surface area contributed by atoms with Crippen LogP contribution in [0.5, 0.6) is 0 Å². The van der Waals surface area contributed by atoms with Gasteiger partial charge in [-0.3, -0.25) is 0 Å². The van der Waals surface area contributed by atoms with E-state index in [2.05, 4.69) is 19.1 Å². The third-order valence-electron chi connectivity index (χ3n) is 1.83. The predicted molar refractivity (Wildman–Crippen MR) is 44.7 cm³/mol. The Hall–Kier alpha value is -0.560. The van der Waals surface area contributed by atoms with Gasteiger partial charge in [-0.25, -0.2) is 0 Å². The molecule has 1 rings (SSSR count). The topological polar surface area (TPSA) is 26.0 Å². The van der Waals surface area contributed by atoms with Gasteiger partial charge >= 0.3 is 0 Å². The average molecular weight is 137 g/mol. The second-order valence-corrected chi connectivity index (χ2v) is 2.83. The first-order valence-electron chi connectivity index (χ1n) is 3.89. The summed E-state index contributed by atoms with van der Waals surface area (Å²) in [6, 6.07) is 0. The van der Waals surface area contributed by atoms with E-state index in [9.17, 15) is 0 Å². The zero-order valence-electron chi connectivity index (χ0n) is 6.56. The van der Waals surface area contributed by atoms with Crippen molar-refractivity contribution in [2.75, 3.05) is 6.54 Å². The third kappa shape index (κ3) is 1.99. The van der Waals surface area contributed by atoms with Crippen molar-refractivity contribution in [3.63, 3.8) is 0 Å². The second-order valence-electron chi connectivity index (χ2n) is 2.83. The number of rotatable bonds is 2. The van der Waals surface area contributed by atoms with E-state index in [1.54, 1.807) is 0 Å². The number of hydrogen-bond acceptors (Lipinski definition) is 1. The minimum Gasteiger partial charge on any atom is -0.330 e. The summed E-state index contributed by atoms with van der Waals surface area (Å²) in [6.45, 7) is 2.94. The lowest BCUT2D eigenvalue weighted by molar-refractivity contribution is 0.839. The highest BCUT2D eigenvalue weighted by Crippen LogP contribution is 2.18. The largest absolute Gasteiger partial charge is 0.330 e. The Kier molecular flexibility index (Phi) is 2.69.